The SMILES string of the molecule is O=C1CCC(N2C(=O)C3=C(C2=O)N(Cc2nc(-c4cccc(C5CNC5)c4)no2)CCC3)C(=O)N1. The quantitative estimate of drug-likeness (QED) is 0.589. The maximum Gasteiger partial charge on any atom is 0.278 e. The maximum atomic E-state index is 13.3. The van der Waals surface area contributed by atoms with E-state index in [1.54, 1.807) is 4.90 Å². The fourth-order valence-electron chi connectivity index (χ4n) is 5.12. The van der Waals surface area contributed by atoms with Gasteiger partial charge in [0.15, 0.2) is 0 Å². The molecule has 5 heterocycles. The Hall–Kier alpha value is -3.86. The molecule has 11 heteroatoms. The lowest BCUT2D eigenvalue weighted by Crippen LogP contribution is -2.55. The monoisotopic (exact) mass is 476 g/mol. The van der Waals surface area contributed by atoms with Gasteiger partial charge in [0, 0.05) is 43.1 Å². The van der Waals surface area contributed by atoms with Gasteiger partial charge in [0.25, 0.3) is 11.8 Å². The highest BCUT2D eigenvalue weighted by molar-refractivity contribution is 6.21. The van der Waals surface area contributed by atoms with Gasteiger partial charge in [0.05, 0.1) is 6.54 Å². The molecule has 6 rings (SSSR count). The summed E-state index contributed by atoms with van der Waals surface area (Å²) in [4.78, 5) is 57.6. The van der Waals surface area contributed by atoms with Gasteiger partial charge in [-0.2, -0.15) is 4.98 Å². The van der Waals surface area contributed by atoms with E-state index in [2.05, 4.69) is 32.9 Å². The van der Waals surface area contributed by atoms with Crippen LogP contribution in [0.1, 0.15) is 43.1 Å². The molecule has 1 aromatic carbocycles. The van der Waals surface area contributed by atoms with Crippen LogP contribution in [0.3, 0.4) is 0 Å². The normalized spacial score (nSPS) is 23.0. The van der Waals surface area contributed by atoms with Crippen molar-refractivity contribution in [2.75, 3.05) is 19.6 Å². The van der Waals surface area contributed by atoms with Crippen LogP contribution in [0.2, 0.25) is 0 Å². The van der Waals surface area contributed by atoms with Crippen LogP contribution in [0.4, 0.5) is 0 Å². The van der Waals surface area contributed by atoms with Crippen molar-refractivity contribution >= 4 is 23.6 Å². The third-order valence-corrected chi connectivity index (χ3v) is 7.07. The van der Waals surface area contributed by atoms with Crippen LogP contribution in [0, 0.1) is 0 Å². The Morgan fingerprint density at radius 1 is 1.09 bits per heavy atom. The first kappa shape index (κ1) is 21.7. The molecule has 2 aromatic rings. The number of nitrogens with zero attached hydrogens (tertiary/aromatic N) is 4. The number of carbonyl (C=O) groups is 4. The number of aromatic nitrogens is 2. The fraction of sp³-hybridized carbons (Fsp3) is 0.417. The molecule has 1 atom stereocenters. The molecule has 0 saturated carbocycles. The lowest BCUT2D eigenvalue weighted by Gasteiger charge is -2.29. The second-order valence-corrected chi connectivity index (χ2v) is 9.29. The Morgan fingerprint density at radius 2 is 1.94 bits per heavy atom. The molecule has 4 aliphatic heterocycles. The summed E-state index contributed by atoms with van der Waals surface area (Å²) in [5.41, 5.74) is 2.76. The number of amides is 4. The largest absolute Gasteiger partial charge is 0.357 e. The highest BCUT2D eigenvalue weighted by Gasteiger charge is 2.48. The lowest BCUT2D eigenvalue weighted by atomic mass is 9.92. The van der Waals surface area contributed by atoms with Gasteiger partial charge in [0.1, 0.15) is 11.7 Å². The van der Waals surface area contributed by atoms with Gasteiger partial charge in [-0.15, -0.1) is 0 Å². The summed E-state index contributed by atoms with van der Waals surface area (Å²) in [7, 11) is 0. The molecule has 0 aliphatic carbocycles. The Kier molecular flexibility index (Phi) is 5.21. The molecule has 180 valence electrons. The number of piperidine rings is 1. The van der Waals surface area contributed by atoms with Crippen molar-refractivity contribution in [1.29, 1.82) is 0 Å². The van der Waals surface area contributed by atoms with Crippen LogP contribution >= 0.6 is 0 Å². The molecule has 2 N–H and O–H groups in total. The molecule has 2 saturated heterocycles. The zero-order valence-electron chi connectivity index (χ0n) is 19.0. The zero-order valence-corrected chi connectivity index (χ0v) is 19.0. The first-order valence-electron chi connectivity index (χ1n) is 11.8. The van der Waals surface area contributed by atoms with Gasteiger partial charge in [-0.3, -0.25) is 29.4 Å². The lowest BCUT2D eigenvalue weighted by molar-refractivity contribution is -0.150. The van der Waals surface area contributed by atoms with E-state index in [0.717, 1.165) is 23.6 Å². The summed E-state index contributed by atoms with van der Waals surface area (Å²) in [6, 6.07) is 7.09. The number of benzene rings is 1. The second-order valence-electron chi connectivity index (χ2n) is 9.29. The van der Waals surface area contributed by atoms with E-state index in [4.69, 9.17) is 4.52 Å². The minimum atomic E-state index is -0.978. The molecule has 4 aliphatic rings. The van der Waals surface area contributed by atoms with Crippen LogP contribution < -0.4 is 10.6 Å². The number of imide groups is 2. The van der Waals surface area contributed by atoms with E-state index in [1.165, 1.54) is 5.56 Å². The van der Waals surface area contributed by atoms with Crippen LogP contribution in [-0.4, -0.2) is 69.2 Å². The van der Waals surface area contributed by atoms with Gasteiger partial charge in [-0.05, 0) is 30.9 Å². The first-order valence-corrected chi connectivity index (χ1v) is 11.8. The summed E-state index contributed by atoms with van der Waals surface area (Å²) >= 11 is 0. The minimum absolute atomic E-state index is 0.0884. The number of hydrogen-bond acceptors (Lipinski definition) is 9. The summed E-state index contributed by atoms with van der Waals surface area (Å²) in [6.45, 7) is 2.63. The highest BCUT2D eigenvalue weighted by Crippen LogP contribution is 2.35. The number of hydrogen-bond donors (Lipinski definition) is 2. The maximum absolute atomic E-state index is 13.3. The standard InChI is InChI=1S/C24H24N6O5/c31-18-7-6-17(22(32)26-18)30-23(33)16-5-2-8-29(20(16)24(30)34)12-19-27-21(28-35-19)14-4-1-3-13(9-14)15-10-25-11-15/h1,3-4,9,15,17,25H,2,5-8,10-12H2,(H,26,31,32). The van der Waals surface area contributed by atoms with Crippen LogP contribution in [0.25, 0.3) is 11.4 Å². The van der Waals surface area contributed by atoms with Gasteiger partial charge >= 0.3 is 0 Å². The van der Waals surface area contributed by atoms with Crippen LogP contribution in [0.5, 0.6) is 0 Å². The molecule has 0 bridgehead atoms. The number of rotatable bonds is 5. The van der Waals surface area contributed by atoms with E-state index in [-0.39, 0.29) is 25.1 Å². The summed E-state index contributed by atoms with van der Waals surface area (Å²) < 4.78 is 5.50. The number of nitrogens with one attached hydrogen (secondary N) is 2. The van der Waals surface area contributed by atoms with Crippen molar-refractivity contribution < 1.29 is 23.7 Å². The predicted octanol–water partition coefficient (Wildman–Crippen LogP) is 0.447. The summed E-state index contributed by atoms with van der Waals surface area (Å²) in [5.74, 6) is -0.692. The summed E-state index contributed by atoms with van der Waals surface area (Å²) in [5, 5.41) is 9.62. The molecule has 4 amide bonds. The minimum Gasteiger partial charge on any atom is -0.357 e. The molecule has 1 aromatic heterocycles. The van der Waals surface area contributed by atoms with Crippen molar-refractivity contribution in [3.63, 3.8) is 0 Å². The highest BCUT2D eigenvalue weighted by atomic mass is 16.5. The van der Waals surface area contributed by atoms with Gasteiger partial charge in [-0.25, -0.2) is 0 Å². The predicted molar refractivity (Wildman–Crippen MR) is 120 cm³/mol. The Bertz CT molecular complexity index is 1280. The molecule has 2 fully saturated rings. The zero-order chi connectivity index (χ0) is 24.1. The van der Waals surface area contributed by atoms with Crippen molar-refractivity contribution in [2.24, 2.45) is 0 Å². The third kappa shape index (κ3) is 3.72. The molecular formula is C24H24N6O5. The smallest absolute Gasteiger partial charge is 0.278 e. The Balaban J connectivity index is 1.21. The van der Waals surface area contributed by atoms with Crippen molar-refractivity contribution in [3.05, 3.63) is 47.0 Å². The van der Waals surface area contributed by atoms with Crippen LogP contribution in [-0.2, 0) is 25.7 Å². The van der Waals surface area contributed by atoms with Crippen molar-refractivity contribution in [2.45, 2.75) is 44.2 Å². The Labute approximate surface area is 200 Å². The topological polar surface area (TPSA) is 138 Å². The average Bonchev–Trinajstić information content (AvgIpc) is 3.37. The van der Waals surface area contributed by atoms with Gasteiger partial charge < -0.3 is 14.7 Å². The Morgan fingerprint density at radius 3 is 2.71 bits per heavy atom. The molecular weight excluding hydrogens is 452 g/mol. The molecule has 0 spiro atoms. The van der Waals surface area contributed by atoms with Gasteiger partial charge in [0.2, 0.25) is 23.5 Å². The van der Waals surface area contributed by atoms with Crippen molar-refractivity contribution in [3.8, 4) is 11.4 Å². The molecule has 11 nitrogen and oxygen atoms in total. The van der Waals surface area contributed by atoms with E-state index in [1.807, 2.05) is 12.1 Å². The first-order chi connectivity index (χ1) is 17.0. The molecule has 1 unspecified atom stereocenters. The molecule has 0 radical (unpaired) electrons. The van der Waals surface area contributed by atoms with Crippen LogP contribution in [0.15, 0.2) is 40.1 Å². The third-order valence-electron chi connectivity index (χ3n) is 7.07. The van der Waals surface area contributed by atoms with E-state index < -0.39 is 29.7 Å². The average molecular weight is 476 g/mol. The summed E-state index contributed by atoms with van der Waals surface area (Å²) in [6.07, 6.45) is 1.36. The fourth-order valence-corrected chi connectivity index (χ4v) is 5.12. The van der Waals surface area contributed by atoms with E-state index >= 15 is 0 Å². The van der Waals surface area contributed by atoms with E-state index in [0.29, 0.717) is 42.6 Å². The number of carbonyl (C=O) groups excluding carboxylic acids is 4. The van der Waals surface area contributed by atoms with E-state index in [9.17, 15) is 19.2 Å². The molecule has 35 heavy (non-hydrogen) atoms. The second kappa shape index (κ2) is 8.42. The van der Waals surface area contributed by atoms with Gasteiger partial charge in [-0.1, -0.05) is 23.4 Å². The van der Waals surface area contributed by atoms with Crippen molar-refractivity contribution in [1.82, 2.24) is 30.6 Å².